The lowest BCUT2D eigenvalue weighted by Crippen LogP contribution is -2.53. The minimum absolute atomic E-state index is 0.248. The molecule has 0 aromatic carbocycles. The lowest BCUT2D eigenvalue weighted by atomic mass is 9.70. The third-order valence-corrected chi connectivity index (χ3v) is 4.30. The molecular weight excluding hydrogens is 202 g/mol. The normalized spacial score (nSPS) is 39.7. The average molecular weight is 221 g/mol. The second kappa shape index (κ2) is 3.79. The van der Waals surface area contributed by atoms with Crippen LogP contribution < -0.4 is 4.72 Å². The lowest BCUT2D eigenvalue weighted by Gasteiger charge is -2.42. The van der Waals surface area contributed by atoms with Gasteiger partial charge in [-0.05, 0) is 25.2 Å². The van der Waals surface area contributed by atoms with Crippen molar-refractivity contribution in [3.05, 3.63) is 0 Å². The van der Waals surface area contributed by atoms with Crippen molar-refractivity contribution in [2.24, 2.45) is 11.8 Å². The highest BCUT2D eigenvalue weighted by Gasteiger charge is 2.39. The van der Waals surface area contributed by atoms with E-state index in [1.807, 2.05) is 13.8 Å². The highest BCUT2D eigenvalue weighted by Crippen LogP contribution is 2.37. The smallest absolute Gasteiger partial charge is 0.273 e. The molecule has 0 aliphatic heterocycles. The van der Waals surface area contributed by atoms with Crippen molar-refractivity contribution < 1.29 is 13.0 Å². The average Bonchev–Trinajstić information content (AvgIpc) is 1.97. The molecule has 1 saturated carbocycles. The first-order valence-electron chi connectivity index (χ1n) is 5.01. The van der Waals surface area contributed by atoms with E-state index in [0.29, 0.717) is 5.92 Å². The highest BCUT2D eigenvalue weighted by atomic mass is 32.2. The van der Waals surface area contributed by atoms with Crippen LogP contribution in [-0.2, 0) is 10.3 Å². The van der Waals surface area contributed by atoms with Crippen molar-refractivity contribution in [1.29, 1.82) is 0 Å². The minimum Gasteiger partial charge on any atom is -0.273 e. The zero-order chi connectivity index (χ0) is 11.0. The number of hydrogen-bond donors (Lipinski definition) is 2. The summed E-state index contributed by atoms with van der Waals surface area (Å²) >= 11 is 0. The largest absolute Gasteiger partial charge is 0.333 e. The molecule has 2 N–H and O–H groups in total. The summed E-state index contributed by atoms with van der Waals surface area (Å²) < 4.78 is 32.7. The Hall–Kier alpha value is -0.130. The van der Waals surface area contributed by atoms with Gasteiger partial charge in [-0.15, -0.1) is 0 Å². The third kappa shape index (κ3) is 2.68. The van der Waals surface area contributed by atoms with Gasteiger partial charge in [-0.2, -0.15) is 13.1 Å². The fraction of sp³-hybridized carbons (Fsp3) is 1.00. The third-order valence-electron chi connectivity index (χ3n) is 3.58. The van der Waals surface area contributed by atoms with Crippen LogP contribution in [0.5, 0.6) is 0 Å². The Balaban J connectivity index is 2.81. The fourth-order valence-electron chi connectivity index (χ4n) is 2.34. The van der Waals surface area contributed by atoms with Crippen LogP contribution in [-0.4, -0.2) is 18.5 Å². The molecule has 0 radical (unpaired) electrons. The summed E-state index contributed by atoms with van der Waals surface area (Å²) in [5.41, 5.74) is -0.495. The van der Waals surface area contributed by atoms with Gasteiger partial charge < -0.3 is 0 Å². The van der Waals surface area contributed by atoms with Crippen LogP contribution in [0.4, 0.5) is 0 Å². The Bertz CT molecular complexity index is 301. The standard InChI is InChI=1S/C9H19NO3S/c1-7-5-4-6-9(3,8(7)2)10-14(11,12)13/h7-8,10H,4-6H2,1-3H3,(H,11,12,13). The molecule has 3 atom stereocenters. The maximum atomic E-state index is 10.8. The van der Waals surface area contributed by atoms with Gasteiger partial charge in [0.25, 0.3) is 0 Å². The molecule has 1 aliphatic rings. The van der Waals surface area contributed by atoms with Crippen LogP contribution >= 0.6 is 0 Å². The Morgan fingerprint density at radius 3 is 2.50 bits per heavy atom. The van der Waals surface area contributed by atoms with Crippen molar-refractivity contribution >= 4 is 10.3 Å². The molecule has 0 aromatic rings. The molecule has 1 fully saturated rings. The van der Waals surface area contributed by atoms with Gasteiger partial charge in [-0.25, -0.2) is 0 Å². The van der Waals surface area contributed by atoms with Gasteiger partial charge in [0.05, 0.1) is 0 Å². The van der Waals surface area contributed by atoms with Gasteiger partial charge in [-0.3, -0.25) is 4.55 Å². The van der Waals surface area contributed by atoms with Crippen LogP contribution in [0.15, 0.2) is 0 Å². The van der Waals surface area contributed by atoms with Gasteiger partial charge in [0.15, 0.2) is 0 Å². The van der Waals surface area contributed by atoms with E-state index in [1.165, 1.54) is 0 Å². The van der Waals surface area contributed by atoms with E-state index in [0.717, 1.165) is 19.3 Å². The maximum Gasteiger partial charge on any atom is 0.333 e. The Kier molecular flexibility index (Phi) is 3.23. The van der Waals surface area contributed by atoms with E-state index in [4.69, 9.17) is 4.55 Å². The monoisotopic (exact) mass is 221 g/mol. The molecule has 3 unspecified atom stereocenters. The SMILES string of the molecule is CC1CCCC(C)(NS(=O)(=O)O)C1C. The molecule has 1 rings (SSSR count). The molecule has 0 spiro atoms. The number of hydrogen-bond acceptors (Lipinski definition) is 2. The molecule has 0 amide bonds. The van der Waals surface area contributed by atoms with Crippen molar-refractivity contribution in [1.82, 2.24) is 4.72 Å². The van der Waals surface area contributed by atoms with Gasteiger partial charge in [0.1, 0.15) is 0 Å². The zero-order valence-corrected chi connectivity index (χ0v) is 9.76. The molecule has 5 heteroatoms. The van der Waals surface area contributed by atoms with Crippen LogP contribution in [0.1, 0.15) is 40.0 Å². The Morgan fingerprint density at radius 1 is 1.43 bits per heavy atom. The van der Waals surface area contributed by atoms with E-state index in [-0.39, 0.29) is 5.92 Å². The first kappa shape index (κ1) is 11.9. The first-order valence-corrected chi connectivity index (χ1v) is 6.45. The zero-order valence-electron chi connectivity index (χ0n) is 8.95. The van der Waals surface area contributed by atoms with Crippen molar-refractivity contribution in [2.75, 3.05) is 0 Å². The molecule has 14 heavy (non-hydrogen) atoms. The Morgan fingerprint density at radius 2 is 2.00 bits per heavy atom. The molecule has 1 aliphatic carbocycles. The molecule has 0 saturated heterocycles. The van der Waals surface area contributed by atoms with Crippen LogP contribution in [0.3, 0.4) is 0 Å². The summed E-state index contributed by atoms with van der Waals surface area (Å²) in [7, 11) is -4.09. The van der Waals surface area contributed by atoms with Crippen molar-refractivity contribution in [3.8, 4) is 0 Å². The van der Waals surface area contributed by atoms with Crippen LogP contribution in [0.25, 0.3) is 0 Å². The van der Waals surface area contributed by atoms with E-state index in [9.17, 15) is 8.42 Å². The second-order valence-corrected chi connectivity index (χ2v) is 5.81. The van der Waals surface area contributed by atoms with Gasteiger partial charge in [0.2, 0.25) is 0 Å². The fourth-order valence-corrected chi connectivity index (χ4v) is 3.21. The summed E-state index contributed by atoms with van der Waals surface area (Å²) in [4.78, 5) is 0. The predicted octanol–water partition coefficient (Wildman–Crippen LogP) is 1.59. The van der Waals surface area contributed by atoms with E-state index in [2.05, 4.69) is 11.6 Å². The first-order chi connectivity index (χ1) is 6.25. The quantitative estimate of drug-likeness (QED) is 0.696. The van der Waals surface area contributed by atoms with Crippen molar-refractivity contribution in [3.63, 3.8) is 0 Å². The minimum atomic E-state index is -4.09. The number of nitrogens with one attached hydrogen (secondary N) is 1. The topological polar surface area (TPSA) is 66.4 Å². The summed E-state index contributed by atoms with van der Waals surface area (Å²) in [5.74, 6) is 0.737. The summed E-state index contributed by atoms with van der Waals surface area (Å²) in [5, 5.41) is 0. The second-order valence-electron chi connectivity index (χ2n) is 4.65. The van der Waals surface area contributed by atoms with E-state index in [1.54, 1.807) is 0 Å². The lowest BCUT2D eigenvalue weighted by molar-refractivity contribution is 0.141. The Labute approximate surface area is 86.0 Å². The number of rotatable bonds is 2. The summed E-state index contributed by atoms with van der Waals surface area (Å²) in [6.45, 7) is 6.01. The van der Waals surface area contributed by atoms with E-state index < -0.39 is 15.8 Å². The van der Waals surface area contributed by atoms with E-state index >= 15 is 0 Å². The molecule has 0 aromatic heterocycles. The molecule has 4 nitrogen and oxygen atoms in total. The summed E-state index contributed by atoms with van der Waals surface area (Å²) in [6, 6.07) is 0. The summed E-state index contributed by atoms with van der Waals surface area (Å²) in [6.07, 6.45) is 2.92. The molecule has 0 bridgehead atoms. The molecule has 84 valence electrons. The van der Waals surface area contributed by atoms with Crippen molar-refractivity contribution in [2.45, 2.75) is 45.6 Å². The van der Waals surface area contributed by atoms with Gasteiger partial charge in [0, 0.05) is 5.54 Å². The maximum absolute atomic E-state index is 10.8. The van der Waals surface area contributed by atoms with Crippen LogP contribution in [0, 0.1) is 11.8 Å². The molecular formula is C9H19NO3S. The van der Waals surface area contributed by atoms with Gasteiger partial charge in [-0.1, -0.05) is 26.7 Å². The highest BCUT2D eigenvalue weighted by molar-refractivity contribution is 7.83. The van der Waals surface area contributed by atoms with Gasteiger partial charge >= 0.3 is 10.3 Å². The van der Waals surface area contributed by atoms with Crippen LogP contribution in [0.2, 0.25) is 0 Å². The predicted molar refractivity (Wildman–Crippen MR) is 55.3 cm³/mol. The molecule has 0 heterocycles.